The molecule has 3 rings (SSSR count). The lowest BCUT2D eigenvalue weighted by molar-refractivity contribution is -0.121. The third-order valence-electron chi connectivity index (χ3n) is 4.10. The molecule has 1 aliphatic rings. The zero-order valence-electron chi connectivity index (χ0n) is 13.0. The Morgan fingerprint density at radius 2 is 1.83 bits per heavy atom. The lowest BCUT2D eigenvalue weighted by Gasteiger charge is -2.17. The number of hydrogen-bond acceptors (Lipinski definition) is 3. The molecular formula is C18H17BrN2O2. The Morgan fingerprint density at radius 3 is 2.52 bits per heavy atom. The molecule has 0 aromatic heterocycles. The molecule has 2 aromatic rings. The number of amides is 2. The Morgan fingerprint density at radius 1 is 1.09 bits per heavy atom. The molecule has 1 saturated heterocycles. The molecule has 0 radical (unpaired) electrons. The van der Waals surface area contributed by atoms with Crippen LogP contribution in [0.2, 0.25) is 0 Å². The molecule has 0 aliphatic carbocycles. The third-order valence-corrected chi connectivity index (χ3v) is 4.79. The van der Waals surface area contributed by atoms with Gasteiger partial charge < -0.3 is 5.32 Å². The highest BCUT2D eigenvalue weighted by Gasteiger charge is 2.39. The van der Waals surface area contributed by atoms with Gasteiger partial charge in [-0.15, -0.1) is 0 Å². The van der Waals surface area contributed by atoms with Gasteiger partial charge in [0.05, 0.1) is 12.1 Å². The van der Waals surface area contributed by atoms with E-state index in [9.17, 15) is 9.59 Å². The fourth-order valence-corrected chi connectivity index (χ4v) is 3.05. The van der Waals surface area contributed by atoms with Crippen LogP contribution >= 0.6 is 15.9 Å². The topological polar surface area (TPSA) is 49.4 Å². The molecule has 1 heterocycles. The first-order valence-corrected chi connectivity index (χ1v) is 8.22. The number of nitrogens with zero attached hydrogens (tertiary/aromatic N) is 1. The van der Waals surface area contributed by atoms with Crippen molar-refractivity contribution in [1.29, 1.82) is 0 Å². The van der Waals surface area contributed by atoms with E-state index in [4.69, 9.17) is 0 Å². The van der Waals surface area contributed by atoms with E-state index < -0.39 is 6.04 Å². The molecule has 23 heavy (non-hydrogen) atoms. The van der Waals surface area contributed by atoms with E-state index in [2.05, 4.69) is 21.2 Å². The molecule has 1 atom stereocenters. The fourth-order valence-electron chi connectivity index (χ4n) is 2.65. The number of carbonyl (C=O) groups is 2. The van der Waals surface area contributed by atoms with E-state index in [0.29, 0.717) is 5.69 Å². The zero-order chi connectivity index (χ0) is 16.6. The minimum atomic E-state index is -0.539. The van der Waals surface area contributed by atoms with Gasteiger partial charge in [-0.3, -0.25) is 9.59 Å². The van der Waals surface area contributed by atoms with Crippen LogP contribution in [0, 0.1) is 13.8 Å². The maximum absolute atomic E-state index is 12.7. The van der Waals surface area contributed by atoms with Crippen LogP contribution in [0.3, 0.4) is 0 Å². The number of hydrogen-bond donors (Lipinski definition) is 1. The summed E-state index contributed by atoms with van der Waals surface area (Å²) in [5.74, 6) is -0.392. The summed E-state index contributed by atoms with van der Waals surface area (Å²) in [6.45, 7) is 3.98. The summed E-state index contributed by atoms with van der Waals surface area (Å²) in [5, 5.41) is 3.16. The summed E-state index contributed by atoms with van der Waals surface area (Å²) >= 11 is 3.44. The molecule has 0 saturated carbocycles. The van der Waals surface area contributed by atoms with Crippen LogP contribution in [0.5, 0.6) is 0 Å². The molecule has 1 N–H and O–H groups in total. The van der Waals surface area contributed by atoms with Crippen LogP contribution in [-0.4, -0.2) is 17.9 Å². The third kappa shape index (κ3) is 3.01. The van der Waals surface area contributed by atoms with Gasteiger partial charge in [-0.2, -0.15) is 0 Å². The number of benzene rings is 2. The molecule has 1 fully saturated rings. The second-order valence-corrected chi connectivity index (χ2v) is 6.57. The summed E-state index contributed by atoms with van der Waals surface area (Å²) < 4.78 is 0.866. The Kier molecular flexibility index (Phi) is 4.22. The van der Waals surface area contributed by atoms with Gasteiger partial charge >= 0.3 is 0 Å². The molecule has 0 spiro atoms. The first kappa shape index (κ1) is 15.7. The van der Waals surface area contributed by atoms with Crippen LogP contribution in [0.1, 0.15) is 17.5 Å². The quantitative estimate of drug-likeness (QED) is 0.833. The monoisotopic (exact) mass is 372 g/mol. The highest BCUT2D eigenvalue weighted by atomic mass is 79.9. The van der Waals surface area contributed by atoms with Crippen molar-refractivity contribution in [2.75, 3.05) is 10.2 Å². The van der Waals surface area contributed by atoms with Gasteiger partial charge in [-0.25, -0.2) is 4.90 Å². The van der Waals surface area contributed by atoms with Gasteiger partial charge in [0.1, 0.15) is 6.04 Å². The second kappa shape index (κ2) is 6.16. The van der Waals surface area contributed by atoms with E-state index in [-0.39, 0.29) is 18.2 Å². The highest BCUT2D eigenvalue weighted by Crippen LogP contribution is 2.28. The minimum absolute atomic E-state index is 0.160. The highest BCUT2D eigenvalue weighted by molar-refractivity contribution is 9.10. The van der Waals surface area contributed by atoms with Gasteiger partial charge in [0.2, 0.25) is 5.91 Å². The Balaban J connectivity index is 1.85. The summed E-state index contributed by atoms with van der Waals surface area (Å²) in [7, 11) is 0. The lowest BCUT2D eigenvalue weighted by atomic mass is 10.1. The van der Waals surface area contributed by atoms with Crippen molar-refractivity contribution in [2.45, 2.75) is 26.3 Å². The van der Waals surface area contributed by atoms with Gasteiger partial charge in [0, 0.05) is 10.2 Å². The summed E-state index contributed by atoms with van der Waals surface area (Å²) in [5.41, 5.74) is 3.64. The first-order valence-electron chi connectivity index (χ1n) is 7.42. The van der Waals surface area contributed by atoms with Crippen molar-refractivity contribution in [3.05, 3.63) is 58.1 Å². The van der Waals surface area contributed by atoms with E-state index in [0.717, 1.165) is 21.3 Å². The number of anilines is 2. The fraction of sp³-hybridized carbons (Fsp3) is 0.222. The maximum Gasteiger partial charge on any atom is 0.256 e. The number of imide groups is 1. The van der Waals surface area contributed by atoms with Crippen molar-refractivity contribution in [2.24, 2.45) is 0 Å². The molecular weight excluding hydrogens is 356 g/mol. The van der Waals surface area contributed by atoms with Crippen LogP contribution < -0.4 is 10.2 Å². The van der Waals surface area contributed by atoms with Crippen molar-refractivity contribution in [3.8, 4) is 0 Å². The number of para-hydroxylation sites is 1. The number of halogens is 1. The van der Waals surface area contributed by atoms with Gasteiger partial charge in [0.25, 0.3) is 5.91 Å². The summed E-state index contributed by atoms with van der Waals surface area (Å²) in [6, 6.07) is 12.6. The van der Waals surface area contributed by atoms with E-state index in [1.165, 1.54) is 4.90 Å². The molecule has 118 valence electrons. The summed E-state index contributed by atoms with van der Waals surface area (Å²) in [4.78, 5) is 26.3. The van der Waals surface area contributed by atoms with Crippen LogP contribution in [0.25, 0.3) is 0 Å². The Labute approximate surface area is 143 Å². The van der Waals surface area contributed by atoms with Crippen molar-refractivity contribution >= 4 is 39.1 Å². The molecule has 0 bridgehead atoms. The van der Waals surface area contributed by atoms with Crippen molar-refractivity contribution < 1.29 is 9.59 Å². The predicted molar refractivity (Wildman–Crippen MR) is 94.6 cm³/mol. The molecule has 1 aliphatic heterocycles. The van der Waals surface area contributed by atoms with E-state index in [1.807, 2.05) is 56.3 Å². The van der Waals surface area contributed by atoms with E-state index in [1.54, 1.807) is 0 Å². The minimum Gasteiger partial charge on any atom is -0.372 e. The van der Waals surface area contributed by atoms with E-state index >= 15 is 0 Å². The van der Waals surface area contributed by atoms with Gasteiger partial charge in [-0.05, 0) is 65.2 Å². The zero-order valence-corrected chi connectivity index (χ0v) is 14.6. The molecule has 0 unspecified atom stereocenters. The number of aryl methyl sites for hydroxylation is 2. The number of carbonyl (C=O) groups excluding carboxylic acids is 2. The number of nitrogens with one attached hydrogen (secondary N) is 1. The largest absolute Gasteiger partial charge is 0.372 e. The van der Waals surface area contributed by atoms with Crippen molar-refractivity contribution in [3.63, 3.8) is 0 Å². The predicted octanol–water partition coefficient (Wildman–Crippen LogP) is 3.81. The molecule has 4 nitrogen and oxygen atoms in total. The maximum atomic E-state index is 12.7. The molecule has 5 heteroatoms. The normalized spacial score (nSPS) is 17.7. The molecule has 2 amide bonds. The van der Waals surface area contributed by atoms with Crippen molar-refractivity contribution in [1.82, 2.24) is 0 Å². The SMILES string of the molecule is Cc1ccc(N2C(=O)C[C@H](Nc3ccccc3Br)C2=O)cc1C. The lowest BCUT2D eigenvalue weighted by Crippen LogP contribution is -2.34. The smallest absolute Gasteiger partial charge is 0.256 e. The van der Waals surface area contributed by atoms with Crippen LogP contribution in [0.15, 0.2) is 46.9 Å². The number of rotatable bonds is 3. The van der Waals surface area contributed by atoms with Crippen LogP contribution in [0.4, 0.5) is 11.4 Å². The molecule has 2 aromatic carbocycles. The standard InChI is InChI=1S/C18H17BrN2O2/c1-11-7-8-13(9-12(11)2)21-17(22)10-16(18(21)23)20-15-6-4-3-5-14(15)19/h3-9,16,20H,10H2,1-2H3/t16-/m0/s1. The Bertz CT molecular complexity index is 788. The van der Waals surface area contributed by atoms with Gasteiger partial charge in [-0.1, -0.05) is 18.2 Å². The summed E-state index contributed by atoms with van der Waals surface area (Å²) in [6.07, 6.45) is 0.160. The first-order chi connectivity index (χ1) is 11.0. The average molecular weight is 373 g/mol. The second-order valence-electron chi connectivity index (χ2n) is 5.72. The average Bonchev–Trinajstić information content (AvgIpc) is 2.79. The van der Waals surface area contributed by atoms with Crippen LogP contribution in [-0.2, 0) is 9.59 Å². The Hall–Kier alpha value is -2.14. The van der Waals surface area contributed by atoms with Gasteiger partial charge in [0.15, 0.2) is 0 Å².